The second-order valence-corrected chi connectivity index (χ2v) is 6.94. The Morgan fingerprint density at radius 3 is 2.73 bits per heavy atom. The Bertz CT molecular complexity index is 641. The summed E-state index contributed by atoms with van der Waals surface area (Å²) in [6, 6.07) is 5.48. The third kappa shape index (κ3) is 3.65. The molecule has 2 heterocycles. The van der Waals surface area contributed by atoms with Crippen molar-refractivity contribution < 1.29 is 4.74 Å². The van der Waals surface area contributed by atoms with Gasteiger partial charge in [0.25, 0.3) is 5.88 Å². The first-order valence-corrected chi connectivity index (χ1v) is 8.76. The molecule has 1 aromatic heterocycles. The van der Waals surface area contributed by atoms with Crippen LogP contribution < -0.4 is 9.64 Å². The lowest BCUT2D eigenvalue weighted by atomic mass is 9.99. The highest BCUT2D eigenvalue weighted by Gasteiger charge is 2.22. The first kappa shape index (κ1) is 15.8. The predicted octanol–water partition coefficient (Wildman–Crippen LogP) is 4.66. The van der Waals surface area contributed by atoms with Crippen LogP contribution in [-0.2, 0) is 6.61 Å². The fraction of sp³-hybridized carbons (Fsp3) is 0.467. The molecule has 0 amide bonds. The molecular weight excluding hydrogens is 341 g/mol. The zero-order valence-corrected chi connectivity index (χ0v) is 14.6. The van der Waals surface area contributed by atoms with Gasteiger partial charge in [0.05, 0.1) is 21.8 Å². The van der Waals surface area contributed by atoms with Crippen LogP contribution in [-0.4, -0.2) is 21.8 Å². The third-order valence-corrected chi connectivity index (χ3v) is 5.13. The van der Waals surface area contributed by atoms with E-state index in [2.05, 4.69) is 20.6 Å². The van der Waals surface area contributed by atoms with Gasteiger partial charge in [-0.25, -0.2) is 0 Å². The van der Waals surface area contributed by atoms with E-state index in [1.54, 1.807) is 6.07 Å². The highest BCUT2D eigenvalue weighted by molar-refractivity contribution is 6.99. The second-order valence-electron chi connectivity index (χ2n) is 5.60. The predicted molar refractivity (Wildman–Crippen MR) is 91.3 cm³/mol. The molecule has 0 unspecified atom stereocenters. The van der Waals surface area contributed by atoms with Crippen LogP contribution in [0.2, 0.25) is 10.0 Å². The lowest BCUT2D eigenvalue weighted by Gasteiger charge is -2.30. The minimum atomic E-state index is 0.402. The number of hydrogen-bond donors (Lipinski definition) is 0. The van der Waals surface area contributed by atoms with Gasteiger partial charge in [0.2, 0.25) is 5.82 Å². The van der Waals surface area contributed by atoms with Gasteiger partial charge in [-0.3, -0.25) is 0 Å². The number of rotatable bonds is 4. The number of piperidine rings is 1. The number of halogens is 2. The molecule has 7 heteroatoms. The lowest BCUT2D eigenvalue weighted by Crippen LogP contribution is -2.33. The van der Waals surface area contributed by atoms with E-state index in [-0.39, 0.29) is 0 Å². The lowest BCUT2D eigenvalue weighted by molar-refractivity contribution is 0.295. The van der Waals surface area contributed by atoms with Crippen molar-refractivity contribution in [2.75, 3.05) is 18.0 Å². The number of hydrogen-bond acceptors (Lipinski definition) is 5. The third-order valence-electron chi connectivity index (χ3n) is 3.89. The molecule has 3 rings (SSSR count). The van der Waals surface area contributed by atoms with Crippen LogP contribution in [0.25, 0.3) is 0 Å². The zero-order chi connectivity index (χ0) is 15.5. The van der Waals surface area contributed by atoms with Crippen molar-refractivity contribution >= 4 is 40.7 Å². The van der Waals surface area contributed by atoms with Crippen LogP contribution in [0.15, 0.2) is 18.2 Å². The van der Waals surface area contributed by atoms with Crippen LogP contribution in [0.3, 0.4) is 0 Å². The first-order valence-electron chi connectivity index (χ1n) is 7.27. The summed E-state index contributed by atoms with van der Waals surface area (Å²) in [5, 5.41) is 1.08. The van der Waals surface area contributed by atoms with Crippen molar-refractivity contribution in [3.63, 3.8) is 0 Å². The van der Waals surface area contributed by atoms with Crippen LogP contribution >= 0.6 is 34.9 Å². The van der Waals surface area contributed by atoms with Crippen molar-refractivity contribution in [1.82, 2.24) is 8.75 Å². The standard InChI is InChI=1S/C15H17Cl2N3OS/c1-10-4-6-20(7-5-10)14-15(19-22-18-14)21-9-11-2-3-12(16)13(17)8-11/h2-3,8,10H,4-7,9H2,1H3. The largest absolute Gasteiger partial charge is 0.470 e. The van der Waals surface area contributed by atoms with Gasteiger partial charge in [-0.05, 0) is 36.5 Å². The summed E-state index contributed by atoms with van der Waals surface area (Å²) in [5.74, 6) is 2.24. The van der Waals surface area contributed by atoms with E-state index in [1.807, 2.05) is 12.1 Å². The smallest absolute Gasteiger partial charge is 0.271 e. The Morgan fingerprint density at radius 2 is 2.00 bits per heavy atom. The molecule has 0 aliphatic carbocycles. The van der Waals surface area contributed by atoms with Gasteiger partial charge in [0.15, 0.2) is 0 Å². The van der Waals surface area contributed by atoms with Crippen LogP contribution in [0.1, 0.15) is 25.3 Å². The minimum absolute atomic E-state index is 0.402. The van der Waals surface area contributed by atoms with E-state index in [9.17, 15) is 0 Å². The van der Waals surface area contributed by atoms with Gasteiger partial charge in [0, 0.05) is 13.1 Å². The summed E-state index contributed by atoms with van der Waals surface area (Å²) in [5.41, 5.74) is 0.959. The summed E-state index contributed by atoms with van der Waals surface area (Å²) in [4.78, 5) is 2.26. The Labute approximate surface area is 144 Å². The van der Waals surface area contributed by atoms with Gasteiger partial charge in [-0.1, -0.05) is 36.2 Å². The summed E-state index contributed by atoms with van der Waals surface area (Å²) in [7, 11) is 0. The molecule has 22 heavy (non-hydrogen) atoms. The number of anilines is 1. The number of aromatic nitrogens is 2. The molecule has 0 atom stereocenters. The molecule has 0 bridgehead atoms. The van der Waals surface area contributed by atoms with Crippen molar-refractivity contribution in [1.29, 1.82) is 0 Å². The first-order chi connectivity index (χ1) is 10.6. The van der Waals surface area contributed by atoms with Crippen LogP contribution in [0, 0.1) is 5.92 Å². The zero-order valence-electron chi connectivity index (χ0n) is 12.3. The van der Waals surface area contributed by atoms with E-state index in [4.69, 9.17) is 27.9 Å². The molecule has 1 aliphatic heterocycles. The van der Waals surface area contributed by atoms with E-state index in [1.165, 1.54) is 24.6 Å². The minimum Gasteiger partial charge on any atom is -0.470 e. The summed E-state index contributed by atoms with van der Waals surface area (Å²) in [6.07, 6.45) is 2.37. The maximum Gasteiger partial charge on any atom is 0.271 e. The SMILES string of the molecule is CC1CCN(c2nsnc2OCc2ccc(Cl)c(Cl)c2)CC1. The van der Waals surface area contributed by atoms with Crippen molar-refractivity contribution in [2.45, 2.75) is 26.4 Å². The van der Waals surface area contributed by atoms with Crippen LogP contribution in [0.5, 0.6) is 5.88 Å². The van der Waals surface area contributed by atoms with E-state index in [0.717, 1.165) is 30.4 Å². The summed E-state index contributed by atoms with van der Waals surface area (Å²) < 4.78 is 14.5. The fourth-order valence-electron chi connectivity index (χ4n) is 2.46. The molecule has 0 spiro atoms. The van der Waals surface area contributed by atoms with Crippen molar-refractivity contribution in [3.05, 3.63) is 33.8 Å². The van der Waals surface area contributed by atoms with E-state index in [0.29, 0.717) is 22.5 Å². The van der Waals surface area contributed by atoms with Crippen molar-refractivity contribution in [3.8, 4) is 5.88 Å². The topological polar surface area (TPSA) is 38.2 Å². The molecule has 1 aliphatic rings. The molecule has 0 radical (unpaired) electrons. The van der Waals surface area contributed by atoms with Gasteiger partial charge in [-0.15, -0.1) is 4.37 Å². The average molecular weight is 358 g/mol. The molecule has 0 saturated carbocycles. The highest BCUT2D eigenvalue weighted by Crippen LogP contribution is 2.30. The average Bonchev–Trinajstić information content (AvgIpc) is 2.98. The van der Waals surface area contributed by atoms with Gasteiger partial charge in [-0.2, -0.15) is 4.37 Å². The second kappa shape index (κ2) is 7.02. The molecule has 118 valence electrons. The number of nitrogens with zero attached hydrogens (tertiary/aromatic N) is 3. The Balaban J connectivity index is 1.66. The quantitative estimate of drug-likeness (QED) is 0.797. The maximum absolute atomic E-state index is 6.02. The molecule has 0 N–H and O–H groups in total. The molecule has 4 nitrogen and oxygen atoms in total. The van der Waals surface area contributed by atoms with Crippen LogP contribution in [0.4, 0.5) is 5.82 Å². The molecule has 1 aromatic carbocycles. The fourth-order valence-corrected chi connectivity index (χ4v) is 3.30. The van der Waals surface area contributed by atoms with Crippen molar-refractivity contribution in [2.24, 2.45) is 5.92 Å². The Hall–Kier alpha value is -1.04. The molecule has 1 saturated heterocycles. The van der Waals surface area contributed by atoms with Gasteiger partial charge in [0.1, 0.15) is 6.61 Å². The molecule has 1 fully saturated rings. The molecular formula is C15H17Cl2N3OS. The van der Waals surface area contributed by atoms with Gasteiger partial charge >= 0.3 is 0 Å². The monoisotopic (exact) mass is 357 g/mol. The van der Waals surface area contributed by atoms with Gasteiger partial charge < -0.3 is 9.64 Å². The normalized spacial score (nSPS) is 16.0. The highest BCUT2D eigenvalue weighted by atomic mass is 35.5. The Morgan fingerprint density at radius 1 is 1.23 bits per heavy atom. The Kier molecular flexibility index (Phi) is 5.06. The summed E-state index contributed by atoms with van der Waals surface area (Å²) >= 11 is 13.1. The van der Waals surface area contributed by atoms with E-state index >= 15 is 0 Å². The maximum atomic E-state index is 6.02. The summed E-state index contributed by atoms with van der Waals surface area (Å²) in [6.45, 7) is 4.71. The number of benzene rings is 1. The number of ether oxygens (including phenoxy) is 1. The molecule has 2 aromatic rings. The van der Waals surface area contributed by atoms with E-state index < -0.39 is 0 Å².